The molecule has 0 unspecified atom stereocenters. The van der Waals surface area contributed by atoms with E-state index in [9.17, 15) is 0 Å². The van der Waals surface area contributed by atoms with Crippen LogP contribution in [0.4, 0.5) is 0 Å². The molecule has 0 saturated carbocycles. The lowest BCUT2D eigenvalue weighted by atomic mass is 10.2. The first-order valence-electron chi connectivity index (χ1n) is 5.24. The molecule has 2 nitrogen and oxygen atoms in total. The van der Waals surface area contributed by atoms with E-state index in [1.807, 2.05) is 13.0 Å². The van der Waals surface area contributed by atoms with Gasteiger partial charge in [0.15, 0.2) is 0 Å². The Hall–Kier alpha value is -0.770. The Labute approximate surface area is 124 Å². The minimum absolute atomic E-state index is 0.355. The average Bonchev–Trinajstić information content (AvgIpc) is 2.33. The lowest BCUT2D eigenvalue weighted by Gasteiger charge is -2.11. The van der Waals surface area contributed by atoms with Crippen LogP contribution in [-0.2, 0) is 5.88 Å². The number of hydrogen-bond donors (Lipinski definition) is 0. The molecule has 0 radical (unpaired) electrons. The van der Waals surface area contributed by atoms with Gasteiger partial charge in [-0.25, -0.2) is 0 Å². The number of alkyl halides is 1. The fourth-order valence-electron chi connectivity index (χ4n) is 1.43. The first-order valence-corrected chi connectivity index (χ1v) is 6.95. The van der Waals surface area contributed by atoms with Crippen molar-refractivity contribution in [1.82, 2.24) is 4.98 Å². The zero-order valence-electron chi connectivity index (χ0n) is 9.58. The number of halogens is 3. The van der Waals surface area contributed by atoms with Crippen molar-refractivity contribution >= 4 is 39.1 Å². The Bertz CT molecular complexity index is 575. The number of pyridine rings is 1. The standard InChI is InChI=1S/C13H10BrCl2NO/c1-8-4-13(9(6-15)7-17-8)18-12-3-2-10(16)5-11(12)14/h2-5,7H,6H2,1H3. The molecular formula is C13H10BrCl2NO. The molecule has 94 valence electrons. The topological polar surface area (TPSA) is 22.1 Å². The van der Waals surface area contributed by atoms with Crippen LogP contribution in [-0.4, -0.2) is 4.98 Å². The van der Waals surface area contributed by atoms with Crippen LogP contribution in [0.2, 0.25) is 5.02 Å². The maximum Gasteiger partial charge on any atom is 0.141 e. The minimum atomic E-state index is 0.355. The van der Waals surface area contributed by atoms with Crippen molar-refractivity contribution in [3.05, 3.63) is 51.2 Å². The van der Waals surface area contributed by atoms with Crippen LogP contribution in [0, 0.1) is 6.92 Å². The van der Waals surface area contributed by atoms with Gasteiger partial charge in [-0.2, -0.15) is 0 Å². The summed E-state index contributed by atoms with van der Waals surface area (Å²) in [6.45, 7) is 1.90. The Balaban J connectivity index is 2.36. The van der Waals surface area contributed by atoms with Gasteiger partial charge in [-0.05, 0) is 41.1 Å². The van der Waals surface area contributed by atoms with Gasteiger partial charge in [-0.3, -0.25) is 4.98 Å². The van der Waals surface area contributed by atoms with Crippen LogP contribution < -0.4 is 4.74 Å². The van der Waals surface area contributed by atoms with Crippen molar-refractivity contribution in [2.75, 3.05) is 0 Å². The summed E-state index contributed by atoms with van der Waals surface area (Å²) in [7, 11) is 0. The van der Waals surface area contributed by atoms with Crippen LogP contribution in [0.5, 0.6) is 11.5 Å². The van der Waals surface area contributed by atoms with Crippen LogP contribution >= 0.6 is 39.1 Å². The number of aryl methyl sites for hydroxylation is 1. The number of aromatic nitrogens is 1. The lowest BCUT2D eigenvalue weighted by molar-refractivity contribution is 0.474. The van der Waals surface area contributed by atoms with Crippen molar-refractivity contribution < 1.29 is 4.74 Å². The van der Waals surface area contributed by atoms with Crippen LogP contribution in [0.1, 0.15) is 11.3 Å². The highest BCUT2D eigenvalue weighted by Gasteiger charge is 2.08. The van der Waals surface area contributed by atoms with Gasteiger partial charge in [0.05, 0.1) is 10.4 Å². The summed E-state index contributed by atoms with van der Waals surface area (Å²) >= 11 is 15.2. The van der Waals surface area contributed by atoms with Crippen LogP contribution in [0.3, 0.4) is 0 Å². The molecule has 0 bridgehead atoms. The molecule has 2 rings (SSSR count). The van der Waals surface area contributed by atoms with E-state index in [1.165, 1.54) is 0 Å². The fourth-order valence-corrected chi connectivity index (χ4v) is 2.40. The highest BCUT2D eigenvalue weighted by molar-refractivity contribution is 9.10. The molecule has 1 heterocycles. The highest BCUT2D eigenvalue weighted by atomic mass is 79.9. The van der Waals surface area contributed by atoms with E-state index in [0.717, 1.165) is 15.7 Å². The predicted octanol–water partition coefficient (Wildman–Crippen LogP) is 5.34. The summed E-state index contributed by atoms with van der Waals surface area (Å²) in [4.78, 5) is 4.19. The van der Waals surface area contributed by atoms with E-state index in [-0.39, 0.29) is 0 Å². The Morgan fingerprint density at radius 1 is 1.28 bits per heavy atom. The third kappa shape index (κ3) is 3.16. The zero-order valence-corrected chi connectivity index (χ0v) is 12.7. The monoisotopic (exact) mass is 345 g/mol. The second-order valence-corrected chi connectivity index (χ2v) is 5.30. The van der Waals surface area contributed by atoms with Crippen molar-refractivity contribution in [3.63, 3.8) is 0 Å². The Kier molecular flexibility index (Phi) is 4.49. The summed E-state index contributed by atoms with van der Waals surface area (Å²) in [5, 5.41) is 0.651. The first-order chi connectivity index (χ1) is 8.60. The molecule has 0 fully saturated rings. The molecule has 1 aromatic carbocycles. The molecule has 0 saturated heterocycles. The number of nitrogens with zero attached hydrogens (tertiary/aromatic N) is 1. The molecule has 0 aliphatic rings. The summed E-state index contributed by atoms with van der Waals surface area (Å²) in [5.41, 5.74) is 1.73. The first kappa shape index (κ1) is 13.7. The Morgan fingerprint density at radius 2 is 2.06 bits per heavy atom. The van der Waals surface area contributed by atoms with Gasteiger partial charge >= 0.3 is 0 Å². The van der Waals surface area contributed by atoms with E-state index in [0.29, 0.717) is 22.4 Å². The minimum Gasteiger partial charge on any atom is -0.456 e. The lowest BCUT2D eigenvalue weighted by Crippen LogP contribution is -1.93. The third-order valence-electron chi connectivity index (χ3n) is 2.34. The molecule has 0 aliphatic heterocycles. The van der Waals surface area contributed by atoms with E-state index in [2.05, 4.69) is 20.9 Å². The summed E-state index contributed by atoms with van der Waals surface area (Å²) < 4.78 is 6.63. The van der Waals surface area contributed by atoms with Gasteiger partial charge in [-0.15, -0.1) is 11.6 Å². The second-order valence-electron chi connectivity index (χ2n) is 3.74. The van der Waals surface area contributed by atoms with Gasteiger partial charge < -0.3 is 4.74 Å². The van der Waals surface area contributed by atoms with Crippen molar-refractivity contribution in [1.29, 1.82) is 0 Å². The highest BCUT2D eigenvalue weighted by Crippen LogP contribution is 2.33. The summed E-state index contributed by atoms with van der Waals surface area (Å²) in [5.74, 6) is 1.75. The van der Waals surface area contributed by atoms with Crippen molar-refractivity contribution in [3.8, 4) is 11.5 Å². The van der Waals surface area contributed by atoms with Gasteiger partial charge in [-0.1, -0.05) is 11.6 Å². The molecule has 18 heavy (non-hydrogen) atoms. The molecule has 0 atom stereocenters. The van der Waals surface area contributed by atoms with Gasteiger partial charge in [0.2, 0.25) is 0 Å². The molecule has 1 aromatic heterocycles. The zero-order chi connectivity index (χ0) is 13.1. The molecule has 0 aliphatic carbocycles. The maximum absolute atomic E-state index is 5.89. The van der Waals surface area contributed by atoms with Crippen LogP contribution in [0.25, 0.3) is 0 Å². The number of hydrogen-bond acceptors (Lipinski definition) is 2. The van der Waals surface area contributed by atoms with E-state index in [4.69, 9.17) is 27.9 Å². The number of rotatable bonds is 3. The maximum atomic E-state index is 5.89. The molecular weight excluding hydrogens is 337 g/mol. The van der Waals surface area contributed by atoms with E-state index in [1.54, 1.807) is 24.4 Å². The molecule has 5 heteroatoms. The van der Waals surface area contributed by atoms with Gasteiger partial charge in [0, 0.05) is 28.5 Å². The van der Waals surface area contributed by atoms with Gasteiger partial charge in [0.1, 0.15) is 11.5 Å². The quantitative estimate of drug-likeness (QED) is 0.700. The largest absolute Gasteiger partial charge is 0.456 e. The number of benzene rings is 1. The fraction of sp³-hybridized carbons (Fsp3) is 0.154. The van der Waals surface area contributed by atoms with Crippen LogP contribution in [0.15, 0.2) is 34.9 Å². The number of ether oxygens (including phenoxy) is 1. The van der Waals surface area contributed by atoms with Gasteiger partial charge in [0.25, 0.3) is 0 Å². The second kappa shape index (κ2) is 5.91. The molecule has 0 N–H and O–H groups in total. The smallest absolute Gasteiger partial charge is 0.141 e. The van der Waals surface area contributed by atoms with Crippen molar-refractivity contribution in [2.24, 2.45) is 0 Å². The SMILES string of the molecule is Cc1cc(Oc2ccc(Cl)cc2Br)c(CCl)cn1. The third-order valence-corrected chi connectivity index (χ3v) is 3.48. The van der Waals surface area contributed by atoms with E-state index < -0.39 is 0 Å². The summed E-state index contributed by atoms with van der Waals surface area (Å²) in [6, 6.07) is 7.22. The molecule has 2 aromatic rings. The normalized spacial score (nSPS) is 10.4. The summed E-state index contributed by atoms with van der Waals surface area (Å²) in [6.07, 6.45) is 1.72. The Morgan fingerprint density at radius 3 is 2.72 bits per heavy atom. The average molecular weight is 347 g/mol. The predicted molar refractivity (Wildman–Crippen MR) is 77.8 cm³/mol. The molecule has 0 spiro atoms. The van der Waals surface area contributed by atoms with Crippen molar-refractivity contribution in [2.45, 2.75) is 12.8 Å². The van der Waals surface area contributed by atoms with E-state index >= 15 is 0 Å². The molecule has 0 amide bonds.